The van der Waals surface area contributed by atoms with Gasteiger partial charge >= 0.3 is 5.69 Å². The Labute approximate surface area is 119 Å². The molecular weight excluding hydrogens is 260 g/mol. The highest BCUT2D eigenvalue weighted by atomic mass is 32.2. The van der Waals surface area contributed by atoms with E-state index in [0.717, 1.165) is 37.4 Å². The van der Waals surface area contributed by atoms with Crippen LogP contribution in [0.3, 0.4) is 0 Å². The third kappa shape index (κ3) is 4.69. The number of nitrogens with one attached hydrogen (secondary N) is 2. The summed E-state index contributed by atoms with van der Waals surface area (Å²) in [5.74, 6) is 0. The Balaban J connectivity index is 2.73. The van der Waals surface area contributed by atoms with Crippen LogP contribution in [0.25, 0.3) is 0 Å². The number of thioether (sulfide) groups is 1. The van der Waals surface area contributed by atoms with E-state index in [1.807, 2.05) is 0 Å². The zero-order valence-electron chi connectivity index (χ0n) is 12.4. The number of aromatic amines is 1. The smallest absolute Gasteiger partial charge is 0.313 e. The Bertz CT molecular complexity index is 415. The predicted molar refractivity (Wildman–Crippen MR) is 80.8 cm³/mol. The first-order valence-corrected chi connectivity index (χ1v) is 8.03. The van der Waals surface area contributed by atoms with Crippen LogP contribution >= 0.6 is 11.8 Å². The second kappa shape index (κ2) is 8.43. The van der Waals surface area contributed by atoms with Crippen molar-refractivity contribution >= 4 is 11.8 Å². The molecule has 0 aliphatic heterocycles. The minimum absolute atomic E-state index is 0.147. The highest BCUT2D eigenvalue weighted by Crippen LogP contribution is 2.26. The van der Waals surface area contributed by atoms with E-state index >= 15 is 0 Å². The topological polar surface area (TPSA) is 62.7 Å². The number of aromatic nitrogens is 3. The van der Waals surface area contributed by atoms with E-state index in [1.54, 1.807) is 23.4 Å². The summed E-state index contributed by atoms with van der Waals surface area (Å²) in [7, 11) is 1.76. The molecule has 0 amide bonds. The quantitative estimate of drug-likeness (QED) is 0.683. The minimum atomic E-state index is -0.147. The molecule has 0 aliphatic carbocycles. The molecule has 110 valence electrons. The summed E-state index contributed by atoms with van der Waals surface area (Å²) < 4.78 is 1.58. The van der Waals surface area contributed by atoms with Gasteiger partial charge in [-0.3, -0.25) is 4.57 Å². The predicted octanol–water partition coefficient (Wildman–Crippen LogP) is 2.15. The van der Waals surface area contributed by atoms with Crippen LogP contribution in [0.1, 0.15) is 46.5 Å². The average Bonchev–Trinajstić information content (AvgIpc) is 2.72. The van der Waals surface area contributed by atoms with Crippen molar-refractivity contribution in [3.05, 3.63) is 10.5 Å². The maximum absolute atomic E-state index is 11.4. The van der Waals surface area contributed by atoms with E-state index in [9.17, 15) is 4.79 Å². The standard InChI is InChI=1S/C13H26N4OS/c1-5-8-10(14-9-6-2)11(7-3)19-13-16-15-12(18)17(13)4/h10-11,14H,5-9H2,1-4H3,(H,15,18). The monoisotopic (exact) mass is 286 g/mol. The Morgan fingerprint density at radius 1 is 1.37 bits per heavy atom. The van der Waals surface area contributed by atoms with E-state index in [2.05, 4.69) is 36.3 Å². The molecule has 6 heteroatoms. The van der Waals surface area contributed by atoms with Gasteiger partial charge in [0.25, 0.3) is 0 Å². The Kier molecular flexibility index (Phi) is 7.23. The van der Waals surface area contributed by atoms with Crippen LogP contribution in [-0.2, 0) is 7.05 Å². The van der Waals surface area contributed by atoms with Crippen LogP contribution in [0.15, 0.2) is 9.95 Å². The van der Waals surface area contributed by atoms with E-state index in [1.165, 1.54) is 0 Å². The van der Waals surface area contributed by atoms with E-state index in [0.29, 0.717) is 11.3 Å². The fourth-order valence-electron chi connectivity index (χ4n) is 2.08. The Hall–Kier alpha value is -0.750. The SMILES string of the molecule is CCCNC(CCC)C(CC)Sc1n[nH]c(=O)n1C. The summed E-state index contributed by atoms with van der Waals surface area (Å²) in [5.41, 5.74) is -0.147. The van der Waals surface area contributed by atoms with Crippen LogP contribution in [-0.4, -0.2) is 32.6 Å². The lowest BCUT2D eigenvalue weighted by molar-refractivity contribution is 0.453. The summed E-state index contributed by atoms with van der Waals surface area (Å²) in [4.78, 5) is 11.4. The fourth-order valence-corrected chi connectivity index (χ4v) is 3.26. The van der Waals surface area contributed by atoms with E-state index in [4.69, 9.17) is 0 Å². The molecule has 5 nitrogen and oxygen atoms in total. The van der Waals surface area contributed by atoms with Crippen molar-refractivity contribution in [2.45, 2.75) is 62.9 Å². The highest BCUT2D eigenvalue weighted by Gasteiger charge is 2.22. The van der Waals surface area contributed by atoms with Crippen molar-refractivity contribution in [1.82, 2.24) is 20.1 Å². The number of rotatable bonds is 9. The number of hydrogen-bond acceptors (Lipinski definition) is 4. The lowest BCUT2D eigenvalue weighted by Gasteiger charge is -2.26. The summed E-state index contributed by atoms with van der Waals surface area (Å²) >= 11 is 1.69. The van der Waals surface area contributed by atoms with Crippen molar-refractivity contribution in [2.75, 3.05) is 6.54 Å². The molecule has 2 unspecified atom stereocenters. The molecule has 0 saturated heterocycles. The first-order valence-electron chi connectivity index (χ1n) is 7.15. The molecule has 0 aliphatic rings. The molecule has 1 rings (SSSR count). The van der Waals surface area contributed by atoms with Crippen molar-refractivity contribution in [2.24, 2.45) is 7.05 Å². The summed E-state index contributed by atoms with van der Waals surface area (Å²) in [6.07, 6.45) is 4.52. The van der Waals surface area contributed by atoms with Crippen molar-refractivity contribution in [1.29, 1.82) is 0 Å². The maximum Gasteiger partial charge on any atom is 0.343 e. The third-order valence-corrected chi connectivity index (χ3v) is 4.74. The maximum atomic E-state index is 11.4. The second-order valence-corrected chi connectivity index (χ2v) is 5.99. The zero-order valence-corrected chi connectivity index (χ0v) is 13.2. The lowest BCUT2D eigenvalue weighted by atomic mass is 10.1. The van der Waals surface area contributed by atoms with Crippen LogP contribution in [0.2, 0.25) is 0 Å². The van der Waals surface area contributed by atoms with E-state index in [-0.39, 0.29) is 5.69 Å². The van der Waals surface area contributed by atoms with Gasteiger partial charge in [0.15, 0.2) is 5.16 Å². The molecule has 0 fully saturated rings. The molecule has 1 aromatic rings. The fraction of sp³-hybridized carbons (Fsp3) is 0.846. The highest BCUT2D eigenvalue weighted by molar-refractivity contribution is 7.99. The second-order valence-electron chi connectivity index (χ2n) is 4.78. The molecule has 0 aromatic carbocycles. The molecule has 0 spiro atoms. The van der Waals surface area contributed by atoms with Crippen LogP contribution in [0.5, 0.6) is 0 Å². The molecule has 1 heterocycles. The van der Waals surface area contributed by atoms with E-state index < -0.39 is 0 Å². The van der Waals surface area contributed by atoms with Gasteiger partial charge in [-0.05, 0) is 25.8 Å². The van der Waals surface area contributed by atoms with Gasteiger partial charge in [-0.25, -0.2) is 9.89 Å². The summed E-state index contributed by atoms with van der Waals surface area (Å²) in [6.45, 7) is 7.63. The van der Waals surface area contributed by atoms with Gasteiger partial charge in [0.2, 0.25) is 0 Å². The van der Waals surface area contributed by atoms with Gasteiger partial charge < -0.3 is 5.32 Å². The first-order chi connectivity index (χ1) is 9.13. The molecule has 2 atom stereocenters. The normalized spacial score (nSPS) is 14.5. The van der Waals surface area contributed by atoms with Crippen LogP contribution in [0.4, 0.5) is 0 Å². The van der Waals surface area contributed by atoms with Gasteiger partial charge in [0.1, 0.15) is 0 Å². The first kappa shape index (κ1) is 16.3. The minimum Gasteiger partial charge on any atom is -0.313 e. The Morgan fingerprint density at radius 3 is 2.58 bits per heavy atom. The third-order valence-electron chi connectivity index (χ3n) is 3.20. The lowest BCUT2D eigenvalue weighted by Crippen LogP contribution is -2.38. The molecule has 0 saturated carbocycles. The molecular formula is C13H26N4OS. The number of H-pyrrole nitrogens is 1. The van der Waals surface area contributed by atoms with Gasteiger partial charge in [-0.2, -0.15) is 0 Å². The van der Waals surface area contributed by atoms with Crippen molar-refractivity contribution in [3.8, 4) is 0 Å². The van der Waals surface area contributed by atoms with Gasteiger partial charge in [-0.1, -0.05) is 39.0 Å². The summed E-state index contributed by atoms with van der Waals surface area (Å²) in [6, 6.07) is 0.478. The van der Waals surface area contributed by atoms with Gasteiger partial charge in [-0.15, -0.1) is 5.10 Å². The Morgan fingerprint density at radius 2 is 2.11 bits per heavy atom. The van der Waals surface area contributed by atoms with Gasteiger partial charge in [0.05, 0.1) is 0 Å². The summed E-state index contributed by atoms with van der Waals surface area (Å²) in [5, 5.41) is 11.4. The number of hydrogen-bond donors (Lipinski definition) is 2. The number of nitrogens with zero attached hydrogens (tertiary/aromatic N) is 2. The molecule has 19 heavy (non-hydrogen) atoms. The van der Waals surface area contributed by atoms with Crippen LogP contribution < -0.4 is 11.0 Å². The molecule has 0 bridgehead atoms. The molecule has 1 aromatic heterocycles. The van der Waals surface area contributed by atoms with Crippen molar-refractivity contribution < 1.29 is 0 Å². The average molecular weight is 286 g/mol. The molecule has 2 N–H and O–H groups in total. The van der Waals surface area contributed by atoms with Crippen molar-refractivity contribution in [3.63, 3.8) is 0 Å². The zero-order chi connectivity index (χ0) is 14.3. The van der Waals surface area contributed by atoms with Gasteiger partial charge in [0, 0.05) is 18.3 Å². The molecule has 0 radical (unpaired) electrons. The van der Waals surface area contributed by atoms with Crippen LogP contribution in [0, 0.1) is 0 Å². The largest absolute Gasteiger partial charge is 0.343 e.